The number of amides is 2. The number of nitrogen functional groups attached to an aromatic ring is 1. The second-order valence-electron chi connectivity index (χ2n) is 9.11. The number of carbonyl (C=O) groups excluding carboxylic acids is 1. The van der Waals surface area contributed by atoms with Gasteiger partial charge in [0.2, 0.25) is 0 Å². The van der Waals surface area contributed by atoms with Crippen molar-refractivity contribution in [1.82, 2.24) is 24.5 Å². The van der Waals surface area contributed by atoms with Gasteiger partial charge in [0.05, 0.1) is 16.4 Å². The number of nitrogens with one attached hydrogen (secondary N) is 3. The number of benzene rings is 2. The van der Waals surface area contributed by atoms with Crippen molar-refractivity contribution in [2.24, 2.45) is 0 Å². The van der Waals surface area contributed by atoms with Crippen molar-refractivity contribution in [2.45, 2.75) is 38.6 Å². The van der Waals surface area contributed by atoms with Crippen LogP contribution < -0.4 is 16.4 Å². The Labute approximate surface area is 201 Å². The number of aromatic amines is 1. The van der Waals surface area contributed by atoms with E-state index in [1.165, 1.54) is 19.2 Å². The van der Waals surface area contributed by atoms with Crippen molar-refractivity contribution in [3.8, 4) is 11.4 Å². The van der Waals surface area contributed by atoms with Gasteiger partial charge in [-0.2, -0.15) is 0 Å². The number of imidazole rings is 1. The van der Waals surface area contributed by atoms with Crippen molar-refractivity contribution < 1.29 is 4.79 Å². The monoisotopic (exact) mass is 466 g/mol. The normalized spacial score (nSPS) is 14.1. The van der Waals surface area contributed by atoms with Gasteiger partial charge in [-0.15, -0.1) is 0 Å². The molecule has 2 aromatic carbocycles. The number of aromatic nitrogens is 5. The van der Waals surface area contributed by atoms with Crippen LogP contribution in [0.1, 0.15) is 37.3 Å². The van der Waals surface area contributed by atoms with E-state index in [0.717, 1.165) is 51.7 Å². The van der Waals surface area contributed by atoms with Crippen LogP contribution in [-0.4, -0.2) is 30.5 Å². The first-order valence-electron chi connectivity index (χ1n) is 11.8. The number of nitrogens with two attached hydrogens (primary N) is 1. The Kier molecular flexibility index (Phi) is 5.09. The third-order valence-corrected chi connectivity index (χ3v) is 6.63. The number of fused-ring (bicyclic) bond motifs is 2. The summed E-state index contributed by atoms with van der Waals surface area (Å²) in [7, 11) is 0. The maximum atomic E-state index is 12.5. The van der Waals surface area contributed by atoms with Gasteiger partial charge in [-0.1, -0.05) is 25.0 Å². The molecule has 5 aromatic rings. The average molecular weight is 467 g/mol. The van der Waals surface area contributed by atoms with E-state index in [1.807, 2.05) is 49.4 Å². The van der Waals surface area contributed by atoms with Crippen LogP contribution in [0.3, 0.4) is 0 Å². The minimum atomic E-state index is -0.306. The number of hydrogen-bond acceptors (Lipinski definition) is 5. The summed E-state index contributed by atoms with van der Waals surface area (Å²) in [6.07, 6.45) is 8.32. The SMILES string of the molecule is Cc1cccc(NC(=O)Nc2ccc3nc(-c4cn(C5CCCC5)c5ncnc(N)c45)[nH]c3c2)c1. The van der Waals surface area contributed by atoms with Crippen molar-refractivity contribution >= 4 is 45.3 Å². The zero-order valence-corrected chi connectivity index (χ0v) is 19.4. The van der Waals surface area contributed by atoms with Gasteiger partial charge in [0, 0.05) is 29.2 Å². The molecule has 0 radical (unpaired) electrons. The first-order valence-corrected chi connectivity index (χ1v) is 11.8. The summed E-state index contributed by atoms with van der Waals surface area (Å²) in [5.74, 6) is 1.14. The molecule has 1 fully saturated rings. The van der Waals surface area contributed by atoms with Gasteiger partial charge < -0.3 is 25.9 Å². The molecule has 6 rings (SSSR count). The number of urea groups is 1. The topological polar surface area (TPSA) is 127 Å². The van der Waals surface area contributed by atoms with Crippen LogP contribution in [0.4, 0.5) is 22.0 Å². The molecule has 0 unspecified atom stereocenters. The number of hydrogen-bond donors (Lipinski definition) is 4. The van der Waals surface area contributed by atoms with Gasteiger partial charge in [0.1, 0.15) is 23.6 Å². The summed E-state index contributed by atoms with van der Waals surface area (Å²) in [6, 6.07) is 13.4. The Morgan fingerprint density at radius 3 is 2.69 bits per heavy atom. The van der Waals surface area contributed by atoms with Crippen LogP contribution in [0.5, 0.6) is 0 Å². The molecule has 35 heavy (non-hydrogen) atoms. The zero-order valence-electron chi connectivity index (χ0n) is 19.4. The molecule has 1 aliphatic rings. The number of aryl methyl sites for hydroxylation is 1. The molecule has 1 saturated carbocycles. The van der Waals surface area contributed by atoms with E-state index in [-0.39, 0.29) is 6.03 Å². The highest BCUT2D eigenvalue weighted by molar-refractivity contribution is 6.02. The molecule has 9 nitrogen and oxygen atoms in total. The standard InChI is InChI=1S/C26H26N8O/c1-15-5-4-6-16(11-15)30-26(35)31-17-9-10-20-21(12-17)33-24(32-20)19-13-34(18-7-2-3-8-18)25-22(19)23(27)28-14-29-25/h4-6,9-14,18H,2-3,7-8H2,1H3,(H,32,33)(H2,27,28,29)(H2,30,31,35). The molecule has 0 spiro atoms. The first kappa shape index (κ1) is 21.2. The minimum Gasteiger partial charge on any atom is -0.383 e. The van der Waals surface area contributed by atoms with Gasteiger partial charge in [-0.3, -0.25) is 0 Å². The molecule has 176 valence electrons. The molecular weight excluding hydrogens is 440 g/mol. The molecule has 3 aromatic heterocycles. The molecule has 3 heterocycles. The summed E-state index contributed by atoms with van der Waals surface area (Å²) < 4.78 is 2.23. The smallest absolute Gasteiger partial charge is 0.323 e. The molecule has 0 saturated heterocycles. The minimum absolute atomic E-state index is 0.306. The van der Waals surface area contributed by atoms with E-state index in [0.29, 0.717) is 23.4 Å². The van der Waals surface area contributed by atoms with Gasteiger partial charge in [0.25, 0.3) is 0 Å². The van der Waals surface area contributed by atoms with Crippen LogP contribution in [0, 0.1) is 6.92 Å². The lowest BCUT2D eigenvalue weighted by atomic mass is 10.2. The number of rotatable bonds is 4. The molecule has 0 bridgehead atoms. The Hall–Kier alpha value is -4.40. The maximum absolute atomic E-state index is 12.5. The summed E-state index contributed by atoms with van der Waals surface area (Å²) in [6.45, 7) is 1.98. The highest BCUT2D eigenvalue weighted by Gasteiger charge is 2.24. The van der Waals surface area contributed by atoms with Crippen LogP contribution in [0.25, 0.3) is 33.5 Å². The van der Waals surface area contributed by atoms with Gasteiger partial charge in [-0.05, 0) is 55.7 Å². The number of anilines is 3. The number of nitrogens with zero attached hydrogens (tertiary/aromatic N) is 4. The predicted octanol–water partition coefficient (Wildman–Crippen LogP) is 5.62. The molecule has 5 N–H and O–H groups in total. The summed E-state index contributed by atoms with van der Waals surface area (Å²) in [5.41, 5.74) is 12.1. The Bertz CT molecular complexity index is 1560. The Morgan fingerprint density at radius 2 is 1.89 bits per heavy atom. The lowest BCUT2D eigenvalue weighted by Crippen LogP contribution is -2.19. The van der Waals surface area contributed by atoms with E-state index >= 15 is 0 Å². The predicted molar refractivity (Wildman–Crippen MR) is 138 cm³/mol. The molecule has 0 atom stereocenters. The fraction of sp³-hybridized carbons (Fsp3) is 0.231. The number of carbonyl (C=O) groups is 1. The molecule has 9 heteroatoms. The van der Waals surface area contributed by atoms with Gasteiger partial charge >= 0.3 is 6.03 Å². The Balaban J connectivity index is 1.32. The first-order chi connectivity index (χ1) is 17.0. The van der Waals surface area contributed by atoms with E-state index in [4.69, 9.17) is 10.7 Å². The van der Waals surface area contributed by atoms with Crippen molar-refractivity contribution in [3.05, 3.63) is 60.6 Å². The second kappa shape index (κ2) is 8.43. The molecule has 1 aliphatic carbocycles. The summed E-state index contributed by atoms with van der Waals surface area (Å²) in [4.78, 5) is 29.5. The van der Waals surface area contributed by atoms with Gasteiger partial charge in [-0.25, -0.2) is 19.7 Å². The van der Waals surface area contributed by atoms with Gasteiger partial charge in [0.15, 0.2) is 0 Å². The molecular formula is C26H26N8O. The highest BCUT2D eigenvalue weighted by Crippen LogP contribution is 2.38. The third kappa shape index (κ3) is 3.95. The Morgan fingerprint density at radius 1 is 1.09 bits per heavy atom. The highest BCUT2D eigenvalue weighted by atomic mass is 16.2. The van der Waals surface area contributed by atoms with Crippen molar-refractivity contribution in [3.63, 3.8) is 0 Å². The number of H-pyrrole nitrogens is 1. The van der Waals surface area contributed by atoms with E-state index in [2.05, 4.69) is 36.3 Å². The van der Waals surface area contributed by atoms with Crippen LogP contribution in [0.2, 0.25) is 0 Å². The fourth-order valence-electron chi connectivity index (χ4n) is 4.98. The summed E-state index contributed by atoms with van der Waals surface area (Å²) >= 11 is 0. The fourth-order valence-corrected chi connectivity index (χ4v) is 4.98. The van der Waals surface area contributed by atoms with Crippen LogP contribution >= 0.6 is 0 Å². The quantitative estimate of drug-likeness (QED) is 0.273. The third-order valence-electron chi connectivity index (χ3n) is 6.63. The lowest BCUT2D eigenvalue weighted by molar-refractivity contribution is 0.262. The van der Waals surface area contributed by atoms with Crippen LogP contribution in [0.15, 0.2) is 55.0 Å². The van der Waals surface area contributed by atoms with Crippen molar-refractivity contribution in [1.29, 1.82) is 0 Å². The average Bonchev–Trinajstić information content (AvgIpc) is 3.57. The van der Waals surface area contributed by atoms with E-state index < -0.39 is 0 Å². The van der Waals surface area contributed by atoms with E-state index in [1.54, 1.807) is 0 Å². The zero-order chi connectivity index (χ0) is 23.9. The molecule has 2 amide bonds. The van der Waals surface area contributed by atoms with E-state index in [9.17, 15) is 4.79 Å². The largest absolute Gasteiger partial charge is 0.383 e. The van der Waals surface area contributed by atoms with Crippen LogP contribution in [-0.2, 0) is 0 Å². The molecule has 0 aliphatic heterocycles. The summed E-state index contributed by atoms with van der Waals surface area (Å²) in [5, 5.41) is 6.56. The lowest BCUT2D eigenvalue weighted by Gasteiger charge is -2.12. The second-order valence-corrected chi connectivity index (χ2v) is 9.11. The van der Waals surface area contributed by atoms with Crippen molar-refractivity contribution in [2.75, 3.05) is 16.4 Å². The maximum Gasteiger partial charge on any atom is 0.323 e.